The Morgan fingerprint density at radius 1 is 1.00 bits per heavy atom. The number of carbonyl (C=O) groups is 3. The number of hydrogen-bond donors (Lipinski definition) is 0. The highest BCUT2D eigenvalue weighted by molar-refractivity contribution is 5.89. The SMILES string of the molecule is C=C(C)C(=O)OC(C)C.C=C(C)C(=O)Oc1ccc(C=O)cc1. The highest BCUT2D eigenvalue weighted by Gasteiger charge is 2.04. The maximum Gasteiger partial charge on any atom is 0.338 e. The zero-order valence-electron chi connectivity index (χ0n) is 13.9. The number of esters is 2. The van der Waals surface area contributed by atoms with E-state index < -0.39 is 5.97 Å². The first-order valence-corrected chi connectivity index (χ1v) is 6.96. The van der Waals surface area contributed by atoms with Crippen molar-refractivity contribution in [1.82, 2.24) is 0 Å². The van der Waals surface area contributed by atoms with Gasteiger partial charge in [0.2, 0.25) is 0 Å². The van der Waals surface area contributed by atoms with Crippen molar-refractivity contribution in [2.24, 2.45) is 0 Å². The molecular formula is C18H22O5. The van der Waals surface area contributed by atoms with Gasteiger partial charge < -0.3 is 9.47 Å². The summed E-state index contributed by atoms with van der Waals surface area (Å²) in [5.74, 6) is -0.377. The topological polar surface area (TPSA) is 69.7 Å². The predicted octanol–water partition coefficient (Wildman–Crippen LogP) is 3.49. The summed E-state index contributed by atoms with van der Waals surface area (Å²) >= 11 is 0. The van der Waals surface area contributed by atoms with Gasteiger partial charge in [-0.05, 0) is 52.0 Å². The van der Waals surface area contributed by atoms with Crippen LogP contribution in [0.3, 0.4) is 0 Å². The lowest BCUT2D eigenvalue weighted by molar-refractivity contribution is -0.142. The van der Waals surface area contributed by atoms with Crippen molar-refractivity contribution < 1.29 is 23.9 Å². The first-order chi connectivity index (χ1) is 10.7. The largest absolute Gasteiger partial charge is 0.460 e. The minimum atomic E-state index is -0.469. The van der Waals surface area contributed by atoms with Crippen molar-refractivity contribution in [3.63, 3.8) is 0 Å². The number of carbonyl (C=O) groups excluding carboxylic acids is 3. The van der Waals surface area contributed by atoms with E-state index in [1.54, 1.807) is 52.0 Å². The summed E-state index contributed by atoms with van der Waals surface area (Å²) in [6, 6.07) is 6.28. The van der Waals surface area contributed by atoms with E-state index in [1.165, 1.54) is 0 Å². The molecule has 0 saturated heterocycles. The van der Waals surface area contributed by atoms with Gasteiger partial charge in [0.15, 0.2) is 0 Å². The first kappa shape index (κ1) is 20.3. The van der Waals surface area contributed by atoms with Gasteiger partial charge in [0.25, 0.3) is 0 Å². The lowest BCUT2D eigenvalue weighted by Crippen LogP contribution is -2.11. The molecule has 23 heavy (non-hydrogen) atoms. The third-order valence-corrected chi connectivity index (χ3v) is 2.27. The van der Waals surface area contributed by atoms with Gasteiger partial charge in [0.1, 0.15) is 12.0 Å². The van der Waals surface area contributed by atoms with Gasteiger partial charge in [-0.25, -0.2) is 9.59 Å². The minimum absolute atomic E-state index is 0.0470. The van der Waals surface area contributed by atoms with E-state index in [2.05, 4.69) is 13.2 Å². The molecule has 0 aromatic heterocycles. The maximum atomic E-state index is 11.1. The van der Waals surface area contributed by atoms with E-state index in [0.29, 0.717) is 22.5 Å². The Kier molecular flexibility index (Phi) is 8.92. The van der Waals surface area contributed by atoms with Crippen LogP contribution in [0, 0.1) is 0 Å². The Balaban J connectivity index is 0.000000468. The minimum Gasteiger partial charge on any atom is -0.460 e. The van der Waals surface area contributed by atoms with Crippen LogP contribution in [0.1, 0.15) is 38.1 Å². The fraction of sp³-hybridized carbons (Fsp3) is 0.278. The molecule has 5 nitrogen and oxygen atoms in total. The standard InChI is InChI=1S/C11H10O3.C7H12O2/c1-8(2)11(13)14-10-5-3-9(7-12)4-6-10;1-5(2)7(8)9-6(3)4/h3-7H,1H2,2H3;6H,1H2,2-4H3. The third-order valence-electron chi connectivity index (χ3n) is 2.27. The van der Waals surface area contributed by atoms with E-state index in [9.17, 15) is 14.4 Å². The summed E-state index contributed by atoms with van der Waals surface area (Å²) in [4.78, 5) is 32.0. The molecule has 0 aliphatic rings. The van der Waals surface area contributed by atoms with Gasteiger partial charge in [-0.1, -0.05) is 13.2 Å². The maximum absolute atomic E-state index is 11.1. The Morgan fingerprint density at radius 2 is 1.48 bits per heavy atom. The summed E-state index contributed by atoms with van der Waals surface area (Å²) in [5.41, 5.74) is 1.33. The smallest absolute Gasteiger partial charge is 0.338 e. The van der Waals surface area contributed by atoms with Gasteiger partial charge in [0.05, 0.1) is 6.10 Å². The Bertz CT molecular complexity index is 582. The molecule has 0 N–H and O–H groups in total. The quantitative estimate of drug-likeness (QED) is 0.360. The molecule has 1 aromatic rings. The van der Waals surface area contributed by atoms with Crippen LogP contribution in [0.15, 0.2) is 48.6 Å². The molecule has 0 aliphatic heterocycles. The van der Waals surface area contributed by atoms with E-state index in [1.807, 2.05) is 0 Å². The summed E-state index contributed by atoms with van der Waals surface area (Å²) < 4.78 is 9.69. The molecular weight excluding hydrogens is 296 g/mol. The van der Waals surface area contributed by atoms with Gasteiger partial charge >= 0.3 is 11.9 Å². The second-order valence-electron chi connectivity index (χ2n) is 5.09. The Morgan fingerprint density at radius 3 is 1.78 bits per heavy atom. The molecule has 0 heterocycles. The van der Waals surface area contributed by atoms with Crippen LogP contribution in [0.25, 0.3) is 0 Å². The van der Waals surface area contributed by atoms with E-state index in [4.69, 9.17) is 9.47 Å². The summed E-state index contributed by atoms with van der Waals surface area (Å²) in [5, 5.41) is 0. The number of ether oxygens (including phenoxy) is 2. The second kappa shape index (κ2) is 10.1. The first-order valence-electron chi connectivity index (χ1n) is 6.96. The van der Waals surface area contributed by atoms with Crippen LogP contribution in [0.4, 0.5) is 0 Å². The summed E-state index contributed by atoms with van der Waals surface area (Å²) in [6.45, 7) is 13.7. The van der Waals surface area contributed by atoms with Crippen molar-refractivity contribution in [3.8, 4) is 5.75 Å². The number of benzene rings is 1. The van der Waals surface area contributed by atoms with Gasteiger partial charge in [0, 0.05) is 16.7 Å². The number of hydrogen-bond acceptors (Lipinski definition) is 5. The molecule has 0 radical (unpaired) electrons. The van der Waals surface area contributed by atoms with Crippen molar-refractivity contribution in [2.75, 3.05) is 0 Å². The molecule has 5 heteroatoms. The van der Waals surface area contributed by atoms with E-state index in [-0.39, 0.29) is 12.1 Å². The van der Waals surface area contributed by atoms with E-state index >= 15 is 0 Å². The third kappa shape index (κ3) is 9.03. The predicted molar refractivity (Wildman–Crippen MR) is 88.3 cm³/mol. The van der Waals surface area contributed by atoms with Crippen molar-refractivity contribution >= 4 is 18.2 Å². The second-order valence-corrected chi connectivity index (χ2v) is 5.09. The Labute approximate surface area is 136 Å². The highest BCUT2D eigenvalue weighted by atomic mass is 16.5. The van der Waals surface area contributed by atoms with Crippen LogP contribution in [0.5, 0.6) is 5.75 Å². The zero-order valence-corrected chi connectivity index (χ0v) is 13.9. The average molecular weight is 318 g/mol. The van der Waals surface area contributed by atoms with Gasteiger partial charge in [-0.3, -0.25) is 4.79 Å². The van der Waals surface area contributed by atoms with Gasteiger partial charge in [-0.15, -0.1) is 0 Å². The molecule has 0 amide bonds. The lowest BCUT2D eigenvalue weighted by Gasteiger charge is -2.05. The lowest BCUT2D eigenvalue weighted by atomic mass is 10.2. The number of aldehydes is 1. The molecule has 0 unspecified atom stereocenters. The van der Waals surface area contributed by atoms with Crippen LogP contribution in [-0.2, 0) is 14.3 Å². The molecule has 0 fully saturated rings. The molecule has 0 saturated carbocycles. The molecule has 0 bridgehead atoms. The van der Waals surface area contributed by atoms with Crippen LogP contribution >= 0.6 is 0 Å². The molecule has 124 valence electrons. The zero-order chi connectivity index (χ0) is 18.0. The summed E-state index contributed by atoms with van der Waals surface area (Å²) in [7, 11) is 0. The van der Waals surface area contributed by atoms with Crippen LogP contribution < -0.4 is 4.74 Å². The molecule has 0 spiro atoms. The monoisotopic (exact) mass is 318 g/mol. The van der Waals surface area contributed by atoms with Crippen molar-refractivity contribution in [1.29, 1.82) is 0 Å². The molecule has 1 rings (SSSR count). The van der Waals surface area contributed by atoms with Crippen LogP contribution in [-0.4, -0.2) is 24.3 Å². The van der Waals surface area contributed by atoms with Crippen molar-refractivity contribution in [2.45, 2.75) is 33.8 Å². The summed E-state index contributed by atoms with van der Waals surface area (Å²) in [6.07, 6.45) is 0.680. The fourth-order valence-corrected chi connectivity index (χ4v) is 1.12. The fourth-order valence-electron chi connectivity index (χ4n) is 1.12. The average Bonchev–Trinajstić information content (AvgIpc) is 2.47. The molecule has 1 aromatic carbocycles. The Hall–Kier alpha value is -2.69. The van der Waals surface area contributed by atoms with Crippen LogP contribution in [0.2, 0.25) is 0 Å². The molecule has 0 aliphatic carbocycles. The highest BCUT2D eigenvalue weighted by Crippen LogP contribution is 2.12. The number of rotatable bonds is 5. The van der Waals surface area contributed by atoms with Crippen molar-refractivity contribution in [3.05, 3.63) is 54.1 Å². The van der Waals surface area contributed by atoms with E-state index in [0.717, 1.165) is 6.29 Å². The van der Waals surface area contributed by atoms with Gasteiger partial charge in [-0.2, -0.15) is 0 Å². The normalized spacial score (nSPS) is 9.26. The molecule has 0 atom stereocenters.